The quantitative estimate of drug-likeness (QED) is 0.415. The molecule has 0 aliphatic carbocycles. The van der Waals surface area contributed by atoms with Crippen LogP contribution in [0.5, 0.6) is 0 Å². The predicted molar refractivity (Wildman–Crippen MR) is 136 cm³/mol. The van der Waals surface area contributed by atoms with E-state index in [-0.39, 0.29) is 39.7 Å². The van der Waals surface area contributed by atoms with Gasteiger partial charge in [-0.25, -0.2) is 8.42 Å². The average molecular weight is 518 g/mol. The van der Waals surface area contributed by atoms with Crippen LogP contribution in [0.15, 0.2) is 101 Å². The number of carbonyl (C=O) groups is 2. The number of aromatic nitrogens is 1. The van der Waals surface area contributed by atoms with Crippen LogP contribution >= 0.6 is 11.6 Å². The number of sulfone groups is 1. The number of halogens is 1. The zero-order valence-corrected chi connectivity index (χ0v) is 20.5. The van der Waals surface area contributed by atoms with E-state index in [1.54, 1.807) is 54.9 Å². The van der Waals surface area contributed by atoms with Crippen LogP contribution in [0.4, 0.5) is 5.69 Å². The van der Waals surface area contributed by atoms with E-state index < -0.39 is 21.7 Å². The number of nitrogens with one attached hydrogen (secondary N) is 1. The molecule has 0 radical (unpaired) electrons. The Balaban J connectivity index is 1.59. The zero-order valence-electron chi connectivity index (χ0n) is 18.9. The van der Waals surface area contributed by atoms with Crippen molar-refractivity contribution in [3.8, 4) is 0 Å². The van der Waals surface area contributed by atoms with Gasteiger partial charge in [-0.3, -0.25) is 14.6 Å². The fraction of sp³-hybridized carbons (Fsp3) is 0.0741. The smallest absolute Gasteiger partial charge is 0.259 e. The van der Waals surface area contributed by atoms with Crippen LogP contribution in [0.3, 0.4) is 0 Å². The molecule has 180 valence electrons. The first kappa shape index (κ1) is 23.7. The maximum Gasteiger partial charge on any atom is 0.259 e. The summed E-state index contributed by atoms with van der Waals surface area (Å²) in [7, 11) is -4.02. The first-order valence-electron chi connectivity index (χ1n) is 11.1. The number of anilines is 1. The molecule has 1 aromatic heterocycles. The molecule has 0 spiro atoms. The third-order valence-corrected chi connectivity index (χ3v) is 7.99. The minimum Gasteiger partial charge on any atom is -0.348 e. The lowest BCUT2D eigenvalue weighted by atomic mass is 10.1. The van der Waals surface area contributed by atoms with Crippen LogP contribution in [0, 0.1) is 0 Å². The van der Waals surface area contributed by atoms with Gasteiger partial charge in [-0.15, -0.1) is 0 Å². The Morgan fingerprint density at radius 2 is 1.69 bits per heavy atom. The van der Waals surface area contributed by atoms with Crippen molar-refractivity contribution in [1.29, 1.82) is 0 Å². The van der Waals surface area contributed by atoms with Gasteiger partial charge in [-0.1, -0.05) is 41.9 Å². The molecule has 2 amide bonds. The Labute approximate surface area is 213 Å². The van der Waals surface area contributed by atoms with Gasteiger partial charge in [-0.05, 0) is 59.7 Å². The average Bonchev–Trinajstić information content (AvgIpc) is 2.97. The van der Waals surface area contributed by atoms with E-state index in [9.17, 15) is 18.0 Å². The Kier molecular flexibility index (Phi) is 6.30. The monoisotopic (exact) mass is 517 g/mol. The van der Waals surface area contributed by atoms with Crippen molar-refractivity contribution in [2.24, 2.45) is 0 Å². The number of benzene rings is 3. The van der Waals surface area contributed by atoms with E-state index in [0.29, 0.717) is 5.02 Å². The highest BCUT2D eigenvalue weighted by Gasteiger charge is 2.36. The third kappa shape index (κ3) is 4.48. The molecule has 5 rings (SSSR count). The SMILES string of the molecule is O=C(NCc1cccnc1)c1ccc2c(c1)N(Cc1ccc(Cl)cc1)C(=O)c1ccccc1S2(=O)=O. The van der Waals surface area contributed by atoms with E-state index >= 15 is 0 Å². The molecule has 1 N–H and O–H groups in total. The summed E-state index contributed by atoms with van der Waals surface area (Å²) in [6.07, 6.45) is 3.29. The van der Waals surface area contributed by atoms with Crippen molar-refractivity contribution in [2.75, 3.05) is 4.90 Å². The predicted octanol–water partition coefficient (Wildman–Crippen LogP) is 4.66. The van der Waals surface area contributed by atoms with Crippen LogP contribution < -0.4 is 10.2 Å². The van der Waals surface area contributed by atoms with Gasteiger partial charge in [0.2, 0.25) is 9.84 Å². The highest BCUT2D eigenvalue weighted by atomic mass is 35.5. The molecule has 4 aromatic rings. The van der Waals surface area contributed by atoms with Gasteiger partial charge in [-0.2, -0.15) is 0 Å². The summed E-state index contributed by atoms with van der Waals surface area (Å²) < 4.78 is 27.2. The van der Waals surface area contributed by atoms with Crippen molar-refractivity contribution in [1.82, 2.24) is 10.3 Å². The second kappa shape index (κ2) is 9.56. The number of rotatable bonds is 5. The fourth-order valence-corrected chi connectivity index (χ4v) is 5.82. The summed E-state index contributed by atoms with van der Waals surface area (Å²) in [6, 6.07) is 21.0. The topological polar surface area (TPSA) is 96.4 Å². The second-order valence-electron chi connectivity index (χ2n) is 8.24. The summed E-state index contributed by atoms with van der Waals surface area (Å²) in [5.41, 5.74) is 2.01. The molecular weight excluding hydrogens is 498 g/mol. The lowest BCUT2D eigenvalue weighted by Gasteiger charge is -2.23. The molecule has 0 fully saturated rings. The molecule has 1 aliphatic heterocycles. The number of hydrogen-bond acceptors (Lipinski definition) is 5. The van der Waals surface area contributed by atoms with Crippen LogP contribution in [-0.4, -0.2) is 25.2 Å². The normalized spacial score (nSPS) is 13.9. The van der Waals surface area contributed by atoms with E-state index in [0.717, 1.165) is 11.1 Å². The molecule has 36 heavy (non-hydrogen) atoms. The number of fused-ring (bicyclic) bond motifs is 2. The number of amides is 2. The van der Waals surface area contributed by atoms with E-state index in [4.69, 9.17) is 11.6 Å². The van der Waals surface area contributed by atoms with Crippen molar-refractivity contribution in [2.45, 2.75) is 22.9 Å². The van der Waals surface area contributed by atoms with Crippen molar-refractivity contribution in [3.63, 3.8) is 0 Å². The first-order valence-corrected chi connectivity index (χ1v) is 12.9. The van der Waals surface area contributed by atoms with E-state index in [1.807, 2.05) is 6.07 Å². The molecule has 1 aliphatic rings. The highest BCUT2D eigenvalue weighted by molar-refractivity contribution is 7.91. The molecule has 2 heterocycles. The minimum absolute atomic E-state index is 0.0430. The van der Waals surface area contributed by atoms with Crippen molar-refractivity contribution < 1.29 is 18.0 Å². The summed E-state index contributed by atoms with van der Waals surface area (Å²) in [5.74, 6) is -0.879. The summed E-state index contributed by atoms with van der Waals surface area (Å²) in [6.45, 7) is 0.342. The third-order valence-electron chi connectivity index (χ3n) is 5.88. The second-order valence-corrected chi connectivity index (χ2v) is 10.6. The lowest BCUT2D eigenvalue weighted by molar-refractivity contribution is 0.0947. The lowest BCUT2D eigenvalue weighted by Crippen LogP contribution is -2.31. The summed E-state index contributed by atoms with van der Waals surface area (Å²) >= 11 is 6.02. The molecule has 7 nitrogen and oxygen atoms in total. The Morgan fingerprint density at radius 1 is 0.917 bits per heavy atom. The van der Waals surface area contributed by atoms with Gasteiger partial charge >= 0.3 is 0 Å². The van der Waals surface area contributed by atoms with Crippen LogP contribution in [0.1, 0.15) is 31.8 Å². The van der Waals surface area contributed by atoms with Crippen LogP contribution in [0.25, 0.3) is 0 Å². The molecular formula is C27H20ClN3O4S. The zero-order chi connectivity index (χ0) is 25.3. The Morgan fingerprint density at radius 3 is 2.44 bits per heavy atom. The molecule has 0 atom stereocenters. The van der Waals surface area contributed by atoms with Crippen molar-refractivity contribution in [3.05, 3.63) is 119 Å². The molecule has 0 saturated carbocycles. The Bertz CT molecular complexity index is 1570. The van der Waals surface area contributed by atoms with Gasteiger partial charge in [0.05, 0.1) is 27.6 Å². The van der Waals surface area contributed by atoms with E-state index in [1.165, 1.54) is 35.2 Å². The first-order chi connectivity index (χ1) is 17.3. The standard InChI is InChI=1S/C27H20ClN3O4S/c28-21-10-7-18(8-11-21)17-31-23-14-20(26(32)30-16-19-4-3-13-29-15-19)9-12-25(23)36(34,35)24-6-2-1-5-22(24)27(31)33/h1-15H,16-17H2,(H,30,32). The molecule has 0 bridgehead atoms. The van der Waals surface area contributed by atoms with Gasteiger partial charge in [0, 0.05) is 29.5 Å². The number of carbonyl (C=O) groups excluding carboxylic acids is 2. The van der Waals surface area contributed by atoms with Gasteiger partial charge in [0.15, 0.2) is 0 Å². The number of pyridine rings is 1. The maximum atomic E-state index is 13.7. The minimum atomic E-state index is -4.02. The van der Waals surface area contributed by atoms with Crippen molar-refractivity contribution >= 4 is 38.9 Å². The number of nitrogens with zero attached hydrogens (tertiary/aromatic N) is 2. The van der Waals surface area contributed by atoms with E-state index in [2.05, 4.69) is 10.3 Å². The summed E-state index contributed by atoms with van der Waals surface area (Å²) in [4.78, 5) is 31.9. The van der Waals surface area contributed by atoms with Gasteiger partial charge in [0.25, 0.3) is 11.8 Å². The molecule has 0 unspecified atom stereocenters. The highest BCUT2D eigenvalue weighted by Crippen LogP contribution is 2.38. The van der Waals surface area contributed by atoms with Crippen LogP contribution in [0.2, 0.25) is 5.02 Å². The number of hydrogen-bond donors (Lipinski definition) is 1. The fourth-order valence-electron chi connectivity index (χ4n) is 4.06. The summed E-state index contributed by atoms with van der Waals surface area (Å²) in [5, 5.41) is 3.35. The van der Waals surface area contributed by atoms with Gasteiger partial charge < -0.3 is 10.2 Å². The molecule has 3 aromatic carbocycles. The molecule has 0 saturated heterocycles. The van der Waals surface area contributed by atoms with Crippen LogP contribution in [-0.2, 0) is 22.9 Å². The van der Waals surface area contributed by atoms with Gasteiger partial charge in [0.1, 0.15) is 0 Å². The maximum absolute atomic E-state index is 13.7. The Hall–Kier alpha value is -4.01. The largest absolute Gasteiger partial charge is 0.348 e. The molecule has 9 heteroatoms.